The summed E-state index contributed by atoms with van der Waals surface area (Å²) in [6, 6.07) is 11.0. The van der Waals surface area contributed by atoms with Crippen LogP contribution in [0.25, 0.3) is 11.2 Å². The number of fused-ring (bicyclic) bond motifs is 1. The van der Waals surface area contributed by atoms with Gasteiger partial charge in [0.1, 0.15) is 11.3 Å². The molecule has 1 N–H and O–H groups in total. The Bertz CT molecular complexity index is 1060. The van der Waals surface area contributed by atoms with Crippen LogP contribution in [0.15, 0.2) is 42.6 Å². The summed E-state index contributed by atoms with van der Waals surface area (Å²) in [5.41, 5.74) is 3.28. The Balaban J connectivity index is 1.37. The number of nitrogens with zero attached hydrogens (tertiary/aromatic N) is 4. The molecular formula is C22H25N5O3. The van der Waals surface area contributed by atoms with Gasteiger partial charge in [-0.25, -0.2) is 14.8 Å². The predicted octanol–water partition coefficient (Wildman–Crippen LogP) is 3.10. The minimum absolute atomic E-state index is 0.132. The number of pyridine rings is 1. The Hall–Kier alpha value is -3.42. The van der Waals surface area contributed by atoms with E-state index in [0.717, 1.165) is 29.0 Å². The maximum Gasteiger partial charge on any atom is 0.321 e. The number of rotatable bonds is 5. The van der Waals surface area contributed by atoms with Gasteiger partial charge in [-0.15, -0.1) is 0 Å². The Morgan fingerprint density at radius 2 is 2.03 bits per heavy atom. The molecule has 0 radical (unpaired) electrons. The molecule has 1 saturated heterocycles. The third-order valence-corrected chi connectivity index (χ3v) is 5.36. The van der Waals surface area contributed by atoms with Crippen molar-refractivity contribution >= 4 is 28.9 Å². The van der Waals surface area contributed by atoms with Gasteiger partial charge in [0.2, 0.25) is 0 Å². The van der Waals surface area contributed by atoms with Crippen LogP contribution in [-0.4, -0.2) is 51.1 Å². The lowest BCUT2D eigenvalue weighted by atomic mass is 10.1. The van der Waals surface area contributed by atoms with Crippen molar-refractivity contribution in [3.8, 4) is 0 Å². The average molecular weight is 407 g/mol. The van der Waals surface area contributed by atoms with Gasteiger partial charge in [-0.05, 0) is 43.2 Å². The minimum atomic E-state index is -0.255. The van der Waals surface area contributed by atoms with E-state index >= 15 is 0 Å². The Kier molecular flexibility index (Phi) is 5.65. The quantitative estimate of drug-likeness (QED) is 0.657. The van der Waals surface area contributed by atoms with Crippen molar-refractivity contribution in [3.05, 3.63) is 54.0 Å². The summed E-state index contributed by atoms with van der Waals surface area (Å²) >= 11 is 0. The molecule has 0 bridgehead atoms. The number of urea groups is 1. The highest BCUT2D eigenvalue weighted by Gasteiger charge is 2.30. The standard InChI is InChI=1S/C22H25N5O3/c1-3-30-19(28)13-15-6-8-17(9-7-15)24-22(29)27-12-10-16(14-27)20-25-18-5-4-11-23-21(18)26(20)2/h4-9,11,16H,3,10,12-14H2,1-2H3,(H,24,29)/t16-/m1/s1. The number of anilines is 1. The molecule has 1 atom stereocenters. The number of imidazole rings is 1. The van der Waals surface area contributed by atoms with Crippen LogP contribution in [0, 0.1) is 0 Å². The van der Waals surface area contributed by atoms with E-state index < -0.39 is 0 Å². The topological polar surface area (TPSA) is 89.3 Å². The zero-order valence-corrected chi connectivity index (χ0v) is 17.2. The number of ether oxygens (including phenoxy) is 1. The Labute approximate surface area is 174 Å². The summed E-state index contributed by atoms with van der Waals surface area (Å²) in [7, 11) is 1.97. The van der Waals surface area contributed by atoms with Crippen molar-refractivity contribution in [3.63, 3.8) is 0 Å². The van der Waals surface area contributed by atoms with E-state index in [-0.39, 0.29) is 24.3 Å². The summed E-state index contributed by atoms with van der Waals surface area (Å²) in [6.07, 6.45) is 2.85. The third kappa shape index (κ3) is 4.12. The number of amides is 2. The second kappa shape index (κ2) is 8.52. The van der Waals surface area contributed by atoms with Gasteiger partial charge in [0.25, 0.3) is 0 Å². The molecule has 1 aromatic carbocycles. The van der Waals surface area contributed by atoms with Crippen molar-refractivity contribution in [1.29, 1.82) is 0 Å². The summed E-state index contributed by atoms with van der Waals surface area (Å²) in [4.78, 5) is 35.2. The maximum atomic E-state index is 12.7. The first-order valence-corrected chi connectivity index (χ1v) is 10.1. The molecule has 0 aliphatic carbocycles. The molecule has 8 heteroatoms. The van der Waals surface area contributed by atoms with E-state index in [1.54, 1.807) is 25.3 Å². The summed E-state index contributed by atoms with van der Waals surface area (Å²) in [6.45, 7) is 3.44. The maximum absolute atomic E-state index is 12.7. The van der Waals surface area contributed by atoms with E-state index in [4.69, 9.17) is 9.72 Å². The number of hydrogen-bond acceptors (Lipinski definition) is 5. The van der Waals surface area contributed by atoms with Crippen LogP contribution >= 0.6 is 0 Å². The monoisotopic (exact) mass is 407 g/mol. The number of esters is 1. The Morgan fingerprint density at radius 1 is 1.23 bits per heavy atom. The van der Waals surface area contributed by atoms with E-state index in [9.17, 15) is 9.59 Å². The number of likely N-dealkylation sites (tertiary alicyclic amines) is 1. The molecule has 1 aliphatic heterocycles. The van der Waals surface area contributed by atoms with Gasteiger partial charge in [0.15, 0.2) is 5.65 Å². The molecule has 0 unspecified atom stereocenters. The SMILES string of the molecule is CCOC(=O)Cc1ccc(NC(=O)N2CC[C@@H](c3nc4cccnc4n3C)C2)cc1. The van der Waals surface area contributed by atoms with Crippen LogP contribution in [-0.2, 0) is 23.0 Å². The molecule has 0 saturated carbocycles. The first-order valence-electron chi connectivity index (χ1n) is 10.1. The second-order valence-electron chi connectivity index (χ2n) is 7.42. The summed E-state index contributed by atoms with van der Waals surface area (Å²) < 4.78 is 6.97. The lowest BCUT2D eigenvalue weighted by Crippen LogP contribution is -2.33. The first kappa shape index (κ1) is 19.9. The highest BCUT2D eigenvalue weighted by atomic mass is 16.5. The number of carbonyl (C=O) groups is 2. The van der Waals surface area contributed by atoms with Crippen LogP contribution in [0.4, 0.5) is 10.5 Å². The number of benzene rings is 1. The fourth-order valence-corrected chi connectivity index (χ4v) is 3.85. The van der Waals surface area contributed by atoms with Crippen LogP contribution in [0.1, 0.15) is 30.7 Å². The largest absolute Gasteiger partial charge is 0.466 e. The normalized spacial score (nSPS) is 16.1. The zero-order chi connectivity index (χ0) is 21.1. The van der Waals surface area contributed by atoms with Gasteiger partial charge in [-0.1, -0.05) is 12.1 Å². The van der Waals surface area contributed by atoms with Crippen molar-refractivity contribution in [2.24, 2.45) is 7.05 Å². The summed E-state index contributed by atoms with van der Waals surface area (Å²) in [5.74, 6) is 0.888. The van der Waals surface area contributed by atoms with E-state index in [0.29, 0.717) is 25.4 Å². The summed E-state index contributed by atoms with van der Waals surface area (Å²) in [5, 5.41) is 2.93. The van der Waals surface area contributed by atoms with Gasteiger partial charge < -0.3 is 19.5 Å². The lowest BCUT2D eigenvalue weighted by Gasteiger charge is -2.17. The van der Waals surface area contributed by atoms with Crippen LogP contribution < -0.4 is 5.32 Å². The van der Waals surface area contributed by atoms with Gasteiger partial charge in [-0.2, -0.15) is 0 Å². The number of carbonyl (C=O) groups excluding carboxylic acids is 2. The van der Waals surface area contributed by atoms with Gasteiger partial charge >= 0.3 is 12.0 Å². The van der Waals surface area contributed by atoms with E-state index in [2.05, 4.69) is 10.3 Å². The van der Waals surface area contributed by atoms with Gasteiger partial charge in [0, 0.05) is 37.9 Å². The second-order valence-corrected chi connectivity index (χ2v) is 7.42. The van der Waals surface area contributed by atoms with Crippen LogP contribution in [0.2, 0.25) is 0 Å². The van der Waals surface area contributed by atoms with Crippen molar-refractivity contribution in [2.75, 3.05) is 25.0 Å². The Morgan fingerprint density at radius 3 is 2.77 bits per heavy atom. The van der Waals surface area contributed by atoms with Crippen molar-refractivity contribution < 1.29 is 14.3 Å². The number of nitrogens with one attached hydrogen (secondary N) is 1. The van der Waals surface area contributed by atoms with Gasteiger partial charge in [0.05, 0.1) is 13.0 Å². The highest BCUT2D eigenvalue weighted by molar-refractivity contribution is 5.89. The molecule has 30 heavy (non-hydrogen) atoms. The fraction of sp³-hybridized carbons (Fsp3) is 0.364. The molecule has 4 rings (SSSR count). The molecular weight excluding hydrogens is 382 g/mol. The molecule has 8 nitrogen and oxygen atoms in total. The number of aromatic nitrogens is 3. The van der Waals surface area contributed by atoms with Crippen molar-refractivity contribution in [1.82, 2.24) is 19.4 Å². The van der Waals surface area contributed by atoms with Crippen LogP contribution in [0.5, 0.6) is 0 Å². The molecule has 0 spiro atoms. The van der Waals surface area contributed by atoms with Crippen LogP contribution in [0.3, 0.4) is 0 Å². The van der Waals surface area contributed by atoms with E-state index in [1.165, 1.54) is 0 Å². The zero-order valence-electron chi connectivity index (χ0n) is 17.2. The minimum Gasteiger partial charge on any atom is -0.466 e. The molecule has 3 heterocycles. The number of aryl methyl sites for hydroxylation is 1. The molecule has 156 valence electrons. The van der Waals surface area contributed by atoms with E-state index in [1.807, 2.05) is 40.8 Å². The fourth-order valence-electron chi connectivity index (χ4n) is 3.85. The number of hydrogen-bond donors (Lipinski definition) is 1. The molecule has 3 aromatic rings. The lowest BCUT2D eigenvalue weighted by molar-refractivity contribution is -0.142. The predicted molar refractivity (Wildman–Crippen MR) is 113 cm³/mol. The average Bonchev–Trinajstić information content (AvgIpc) is 3.35. The molecule has 2 aromatic heterocycles. The smallest absolute Gasteiger partial charge is 0.321 e. The molecule has 1 aliphatic rings. The third-order valence-electron chi connectivity index (χ3n) is 5.36. The van der Waals surface area contributed by atoms with Gasteiger partial charge in [-0.3, -0.25) is 4.79 Å². The first-order chi connectivity index (χ1) is 14.5. The van der Waals surface area contributed by atoms with Crippen molar-refractivity contribution in [2.45, 2.75) is 25.7 Å². The molecule has 2 amide bonds. The molecule has 1 fully saturated rings. The highest BCUT2D eigenvalue weighted by Crippen LogP contribution is 2.28.